The predicted octanol–water partition coefficient (Wildman–Crippen LogP) is 3.60. The number of hydrazone groups is 1. The Morgan fingerprint density at radius 1 is 1.10 bits per heavy atom. The zero-order valence-electron chi connectivity index (χ0n) is 16.6. The number of nitrogens with zero attached hydrogens (tertiary/aromatic N) is 1. The summed E-state index contributed by atoms with van der Waals surface area (Å²) in [7, 11) is 0. The van der Waals surface area contributed by atoms with E-state index in [-0.39, 0.29) is 6.79 Å². The second-order valence-electron chi connectivity index (χ2n) is 6.23. The number of hydrogen-bond acceptors (Lipinski definition) is 6. The maximum atomic E-state index is 5.71. The van der Waals surface area contributed by atoms with Crippen LogP contribution in [-0.4, -0.2) is 31.3 Å². The molecule has 2 aromatic rings. The average molecular weight is 416 g/mol. The van der Waals surface area contributed by atoms with Gasteiger partial charge in [0.05, 0.1) is 19.4 Å². The van der Waals surface area contributed by atoms with Gasteiger partial charge in [0.25, 0.3) is 0 Å². The van der Waals surface area contributed by atoms with Crippen LogP contribution < -0.4 is 29.7 Å². The third-order valence-corrected chi connectivity index (χ3v) is 4.23. The smallest absolute Gasteiger partial charge is 0.231 e. The van der Waals surface area contributed by atoms with E-state index in [4.69, 9.17) is 31.2 Å². The second-order valence-corrected chi connectivity index (χ2v) is 6.64. The number of benzene rings is 2. The van der Waals surface area contributed by atoms with Crippen LogP contribution >= 0.6 is 12.2 Å². The van der Waals surface area contributed by atoms with Gasteiger partial charge in [-0.25, -0.2) is 0 Å². The molecule has 2 N–H and O–H groups in total. The Bertz CT molecular complexity index is 873. The molecule has 0 amide bonds. The number of thiocarbonyl (C=S) groups is 1. The average Bonchev–Trinajstić information content (AvgIpc) is 3.20. The van der Waals surface area contributed by atoms with Gasteiger partial charge < -0.3 is 24.3 Å². The molecule has 0 spiro atoms. The van der Waals surface area contributed by atoms with E-state index in [2.05, 4.69) is 22.8 Å². The van der Waals surface area contributed by atoms with Crippen molar-refractivity contribution in [1.82, 2.24) is 10.7 Å². The Hall–Kier alpha value is -3.00. The van der Waals surface area contributed by atoms with Crippen LogP contribution in [0.2, 0.25) is 0 Å². The summed E-state index contributed by atoms with van der Waals surface area (Å²) >= 11 is 5.27. The maximum Gasteiger partial charge on any atom is 0.231 e. The Balaban J connectivity index is 1.50. The SMILES string of the molecule is CCCOc1ccc(/C=N\NC(=S)NCc2ccc3c(c2)OCO3)cc1OCC. The fourth-order valence-corrected chi connectivity index (χ4v) is 2.77. The molecule has 3 rings (SSSR count). The highest BCUT2D eigenvalue weighted by molar-refractivity contribution is 7.80. The molecule has 0 atom stereocenters. The zero-order chi connectivity index (χ0) is 20.5. The van der Waals surface area contributed by atoms with E-state index >= 15 is 0 Å². The van der Waals surface area contributed by atoms with Crippen LogP contribution in [0.5, 0.6) is 23.0 Å². The summed E-state index contributed by atoms with van der Waals surface area (Å²) in [4.78, 5) is 0. The molecule has 0 aromatic heterocycles. The lowest BCUT2D eigenvalue weighted by molar-refractivity contribution is 0.174. The van der Waals surface area contributed by atoms with Crippen molar-refractivity contribution >= 4 is 23.5 Å². The first-order chi connectivity index (χ1) is 14.2. The van der Waals surface area contributed by atoms with Crippen LogP contribution in [0.15, 0.2) is 41.5 Å². The quantitative estimate of drug-likeness (QED) is 0.368. The summed E-state index contributed by atoms with van der Waals surface area (Å²) in [6.07, 6.45) is 2.62. The molecule has 0 unspecified atom stereocenters. The largest absolute Gasteiger partial charge is 0.490 e. The molecule has 1 heterocycles. The summed E-state index contributed by atoms with van der Waals surface area (Å²) in [5.41, 5.74) is 4.73. The highest BCUT2D eigenvalue weighted by Crippen LogP contribution is 2.32. The Kier molecular flexibility index (Phi) is 7.52. The van der Waals surface area contributed by atoms with Gasteiger partial charge in [0, 0.05) is 6.54 Å². The number of fused-ring (bicyclic) bond motifs is 1. The van der Waals surface area contributed by atoms with E-state index in [1.54, 1.807) is 6.21 Å². The van der Waals surface area contributed by atoms with Crippen molar-refractivity contribution in [2.45, 2.75) is 26.8 Å². The van der Waals surface area contributed by atoms with Crippen LogP contribution in [0.25, 0.3) is 0 Å². The molecule has 7 nitrogen and oxygen atoms in total. The van der Waals surface area contributed by atoms with Gasteiger partial charge >= 0.3 is 0 Å². The number of rotatable bonds is 9. The standard InChI is InChI=1S/C21H25N3O4S/c1-3-9-26-17-7-6-16(11-19(17)25-4-2)13-23-24-21(29)22-12-15-5-8-18-20(10-15)28-14-27-18/h5-8,10-11,13H,3-4,9,12,14H2,1-2H3,(H2,22,24,29)/b23-13-. The van der Waals surface area contributed by atoms with Crippen molar-refractivity contribution in [2.75, 3.05) is 20.0 Å². The molecule has 154 valence electrons. The van der Waals surface area contributed by atoms with Crippen molar-refractivity contribution < 1.29 is 18.9 Å². The summed E-state index contributed by atoms with van der Waals surface area (Å²) < 4.78 is 22.0. The summed E-state index contributed by atoms with van der Waals surface area (Å²) in [5, 5.41) is 7.71. The first-order valence-electron chi connectivity index (χ1n) is 9.54. The first-order valence-corrected chi connectivity index (χ1v) is 9.95. The molecule has 8 heteroatoms. The lowest BCUT2D eigenvalue weighted by Gasteiger charge is -2.12. The highest BCUT2D eigenvalue weighted by atomic mass is 32.1. The fourth-order valence-electron chi connectivity index (χ4n) is 2.64. The molecule has 29 heavy (non-hydrogen) atoms. The van der Waals surface area contributed by atoms with Crippen LogP contribution in [0.1, 0.15) is 31.4 Å². The maximum absolute atomic E-state index is 5.71. The summed E-state index contributed by atoms with van der Waals surface area (Å²) in [5.74, 6) is 2.95. The fraction of sp³-hybridized carbons (Fsp3) is 0.333. The number of nitrogens with one attached hydrogen (secondary N) is 2. The van der Waals surface area contributed by atoms with Crippen LogP contribution in [0.3, 0.4) is 0 Å². The minimum Gasteiger partial charge on any atom is -0.490 e. The third kappa shape index (κ3) is 5.99. The van der Waals surface area contributed by atoms with Gasteiger partial charge in [-0.05, 0) is 67.0 Å². The molecular weight excluding hydrogens is 390 g/mol. The normalized spacial score (nSPS) is 12.1. The van der Waals surface area contributed by atoms with Crippen LogP contribution in [0.4, 0.5) is 0 Å². The molecule has 0 saturated carbocycles. The lowest BCUT2D eigenvalue weighted by atomic mass is 10.2. The topological polar surface area (TPSA) is 73.3 Å². The van der Waals surface area contributed by atoms with Crippen molar-refractivity contribution in [1.29, 1.82) is 0 Å². The van der Waals surface area contributed by atoms with E-state index < -0.39 is 0 Å². The summed E-state index contributed by atoms with van der Waals surface area (Å²) in [6.45, 7) is 6.04. The molecule has 0 fully saturated rings. The van der Waals surface area contributed by atoms with Gasteiger partial charge in [-0.1, -0.05) is 13.0 Å². The molecule has 1 aliphatic heterocycles. The monoisotopic (exact) mass is 415 g/mol. The second kappa shape index (κ2) is 10.5. The van der Waals surface area contributed by atoms with Gasteiger partial charge in [0.1, 0.15) is 0 Å². The van der Waals surface area contributed by atoms with Crippen molar-refractivity contribution in [3.8, 4) is 23.0 Å². The van der Waals surface area contributed by atoms with Gasteiger partial charge in [0.2, 0.25) is 6.79 Å². The molecule has 2 aromatic carbocycles. The Morgan fingerprint density at radius 3 is 2.79 bits per heavy atom. The summed E-state index contributed by atoms with van der Waals surface area (Å²) in [6, 6.07) is 11.5. The first kappa shape index (κ1) is 20.7. The van der Waals surface area contributed by atoms with E-state index in [0.717, 1.165) is 34.8 Å². The third-order valence-electron chi connectivity index (χ3n) is 4.00. The molecule has 0 bridgehead atoms. The minimum absolute atomic E-state index is 0.262. The Morgan fingerprint density at radius 2 is 1.97 bits per heavy atom. The number of hydrogen-bond donors (Lipinski definition) is 2. The van der Waals surface area contributed by atoms with Crippen molar-refractivity contribution in [3.05, 3.63) is 47.5 Å². The van der Waals surface area contributed by atoms with Crippen LogP contribution in [0, 0.1) is 0 Å². The molecule has 0 aliphatic carbocycles. The number of ether oxygens (including phenoxy) is 4. The van der Waals surface area contributed by atoms with E-state index in [0.29, 0.717) is 30.6 Å². The Labute approximate surface area is 176 Å². The highest BCUT2D eigenvalue weighted by Gasteiger charge is 2.13. The molecular formula is C21H25N3O4S. The van der Waals surface area contributed by atoms with Crippen LogP contribution in [-0.2, 0) is 6.54 Å². The van der Waals surface area contributed by atoms with Gasteiger partial charge in [-0.3, -0.25) is 5.43 Å². The minimum atomic E-state index is 0.262. The van der Waals surface area contributed by atoms with E-state index in [1.807, 2.05) is 43.3 Å². The van der Waals surface area contributed by atoms with E-state index in [1.165, 1.54) is 0 Å². The van der Waals surface area contributed by atoms with Crippen molar-refractivity contribution in [2.24, 2.45) is 5.10 Å². The van der Waals surface area contributed by atoms with Crippen molar-refractivity contribution in [3.63, 3.8) is 0 Å². The molecule has 0 radical (unpaired) electrons. The van der Waals surface area contributed by atoms with E-state index in [9.17, 15) is 0 Å². The lowest BCUT2D eigenvalue weighted by Crippen LogP contribution is -2.31. The zero-order valence-corrected chi connectivity index (χ0v) is 17.4. The van der Waals surface area contributed by atoms with Gasteiger partial charge in [-0.15, -0.1) is 0 Å². The molecule has 1 aliphatic rings. The van der Waals surface area contributed by atoms with Gasteiger partial charge in [0.15, 0.2) is 28.1 Å². The molecule has 0 saturated heterocycles. The van der Waals surface area contributed by atoms with Gasteiger partial charge in [-0.2, -0.15) is 5.10 Å². The predicted molar refractivity (Wildman–Crippen MR) is 116 cm³/mol.